The highest BCUT2D eigenvalue weighted by atomic mass is 32.1. The van der Waals surface area contributed by atoms with E-state index in [1.807, 2.05) is 50.2 Å². The monoisotopic (exact) mass is 449 g/mol. The third-order valence-electron chi connectivity index (χ3n) is 5.27. The van der Waals surface area contributed by atoms with E-state index in [1.165, 1.54) is 15.9 Å². The summed E-state index contributed by atoms with van der Waals surface area (Å²) in [4.78, 5) is 39.2. The number of carbonyl (C=O) groups is 1. The first-order valence-corrected chi connectivity index (χ1v) is 11.0. The molecule has 4 rings (SSSR count). The number of aromatic nitrogens is 2. The lowest BCUT2D eigenvalue weighted by Gasteiger charge is -2.14. The Morgan fingerprint density at radius 2 is 1.91 bits per heavy atom. The topological polar surface area (TPSA) is 82.3 Å². The molecule has 8 heteroatoms. The summed E-state index contributed by atoms with van der Waals surface area (Å²) in [6.45, 7) is 3.92. The molecule has 0 aliphatic carbocycles. The van der Waals surface area contributed by atoms with Gasteiger partial charge >= 0.3 is 5.69 Å². The fraction of sp³-hybridized carbons (Fsp3) is 0.208. The molecule has 0 fully saturated rings. The molecule has 7 nitrogen and oxygen atoms in total. The lowest BCUT2D eigenvalue weighted by molar-refractivity contribution is -0.121. The summed E-state index contributed by atoms with van der Waals surface area (Å²) in [5, 5.41) is 4.59. The van der Waals surface area contributed by atoms with Gasteiger partial charge in [-0.3, -0.25) is 14.2 Å². The van der Waals surface area contributed by atoms with Crippen molar-refractivity contribution in [3.05, 3.63) is 91.4 Å². The number of benzene rings is 2. The average molecular weight is 450 g/mol. The Bertz CT molecular complexity index is 1430. The van der Waals surface area contributed by atoms with Gasteiger partial charge in [-0.15, -0.1) is 11.3 Å². The first-order chi connectivity index (χ1) is 15.4. The lowest BCUT2D eigenvalue weighted by Crippen LogP contribution is -2.41. The zero-order chi connectivity index (χ0) is 22.8. The van der Waals surface area contributed by atoms with E-state index in [-0.39, 0.29) is 18.0 Å². The maximum atomic E-state index is 13.4. The summed E-state index contributed by atoms with van der Waals surface area (Å²) < 4.78 is 8.15. The van der Waals surface area contributed by atoms with Crippen molar-refractivity contribution in [3.8, 4) is 11.4 Å². The number of rotatable bonds is 6. The molecule has 1 N–H and O–H groups in total. The van der Waals surface area contributed by atoms with Crippen LogP contribution in [0.2, 0.25) is 0 Å². The fourth-order valence-electron chi connectivity index (χ4n) is 3.69. The fourth-order valence-corrected chi connectivity index (χ4v) is 4.52. The maximum absolute atomic E-state index is 13.4. The van der Waals surface area contributed by atoms with Gasteiger partial charge in [0.25, 0.3) is 5.56 Å². The van der Waals surface area contributed by atoms with Crippen LogP contribution >= 0.6 is 11.3 Å². The Hall–Kier alpha value is -3.65. The van der Waals surface area contributed by atoms with Gasteiger partial charge in [0, 0.05) is 6.54 Å². The van der Waals surface area contributed by atoms with Crippen LogP contribution in [0.4, 0.5) is 0 Å². The number of fused-ring (bicyclic) bond motifs is 1. The molecule has 0 saturated carbocycles. The van der Waals surface area contributed by atoms with Gasteiger partial charge in [0.05, 0.1) is 18.3 Å². The second kappa shape index (κ2) is 8.84. The van der Waals surface area contributed by atoms with Crippen molar-refractivity contribution >= 4 is 27.5 Å². The number of aryl methyl sites for hydroxylation is 2. The van der Waals surface area contributed by atoms with Crippen LogP contribution in [0.5, 0.6) is 5.75 Å². The van der Waals surface area contributed by atoms with E-state index in [0.29, 0.717) is 28.2 Å². The highest BCUT2D eigenvalue weighted by Crippen LogP contribution is 2.18. The number of ether oxygens (including phenoxy) is 1. The molecule has 2 aromatic carbocycles. The second-order valence-electron chi connectivity index (χ2n) is 7.56. The minimum absolute atomic E-state index is 0.193. The van der Waals surface area contributed by atoms with Crippen molar-refractivity contribution in [2.75, 3.05) is 7.11 Å². The zero-order valence-corrected chi connectivity index (χ0v) is 18.9. The summed E-state index contributed by atoms with van der Waals surface area (Å²) in [5.74, 6) is 0.377. The van der Waals surface area contributed by atoms with Gasteiger partial charge < -0.3 is 10.1 Å². The number of methoxy groups -OCH3 is 1. The number of amides is 1. The van der Waals surface area contributed by atoms with Crippen LogP contribution in [0.15, 0.2) is 63.5 Å². The van der Waals surface area contributed by atoms with Crippen molar-refractivity contribution in [2.45, 2.75) is 26.9 Å². The Labute approximate surface area is 188 Å². The van der Waals surface area contributed by atoms with Crippen LogP contribution in [0.3, 0.4) is 0 Å². The molecule has 0 radical (unpaired) electrons. The normalized spacial score (nSPS) is 11.0. The average Bonchev–Trinajstić information content (AvgIpc) is 3.27. The molecule has 0 spiro atoms. The van der Waals surface area contributed by atoms with E-state index < -0.39 is 5.69 Å². The van der Waals surface area contributed by atoms with Crippen molar-refractivity contribution < 1.29 is 9.53 Å². The Kier molecular flexibility index (Phi) is 5.96. The smallest absolute Gasteiger partial charge is 0.336 e. The Morgan fingerprint density at radius 3 is 2.66 bits per heavy atom. The zero-order valence-electron chi connectivity index (χ0n) is 18.0. The van der Waals surface area contributed by atoms with Crippen LogP contribution < -0.4 is 21.3 Å². The Balaban J connectivity index is 1.69. The molecular weight excluding hydrogens is 426 g/mol. The molecule has 0 atom stereocenters. The van der Waals surface area contributed by atoms with E-state index in [0.717, 1.165) is 21.3 Å². The van der Waals surface area contributed by atoms with Crippen molar-refractivity contribution in [2.24, 2.45) is 0 Å². The minimum atomic E-state index is -0.538. The third-order valence-corrected chi connectivity index (χ3v) is 6.17. The van der Waals surface area contributed by atoms with E-state index in [1.54, 1.807) is 24.6 Å². The standard InChI is InChI=1S/C24H23N3O4S/c1-15-7-8-19(16(2)11-15)27-23(29)22-20(9-10-32-22)26(24(27)30)14-21(28)25-13-17-5-4-6-18(12-17)31-3/h4-12H,13-14H2,1-3H3,(H,25,28). The number of carbonyl (C=O) groups excluding carboxylic acids is 1. The number of nitrogens with zero attached hydrogens (tertiary/aromatic N) is 2. The molecule has 4 aromatic rings. The number of thiophene rings is 1. The van der Waals surface area contributed by atoms with Crippen LogP contribution in [-0.4, -0.2) is 22.2 Å². The summed E-state index contributed by atoms with van der Waals surface area (Å²) in [7, 11) is 1.58. The number of hydrogen-bond donors (Lipinski definition) is 1. The summed E-state index contributed by atoms with van der Waals surface area (Å²) in [6, 6.07) is 14.6. The van der Waals surface area contributed by atoms with Crippen molar-refractivity contribution in [1.29, 1.82) is 0 Å². The predicted molar refractivity (Wildman–Crippen MR) is 126 cm³/mol. The van der Waals surface area contributed by atoms with E-state index >= 15 is 0 Å². The molecule has 0 saturated heterocycles. The van der Waals surface area contributed by atoms with Gasteiger partial charge in [0.15, 0.2) is 0 Å². The maximum Gasteiger partial charge on any atom is 0.336 e. The SMILES string of the molecule is COc1cccc(CNC(=O)Cn2c(=O)n(-c3ccc(C)cc3C)c(=O)c3sccc32)c1. The third kappa shape index (κ3) is 4.09. The first kappa shape index (κ1) is 21.6. The lowest BCUT2D eigenvalue weighted by atomic mass is 10.1. The highest BCUT2D eigenvalue weighted by Gasteiger charge is 2.18. The summed E-state index contributed by atoms with van der Waals surface area (Å²) in [6.07, 6.45) is 0. The Morgan fingerprint density at radius 1 is 1.09 bits per heavy atom. The molecule has 32 heavy (non-hydrogen) atoms. The van der Waals surface area contributed by atoms with Gasteiger partial charge in [-0.2, -0.15) is 0 Å². The molecule has 0 bridgehead atoms. The quantitative estimate of drug-likeness (QED) is 0.490. The molecule has 2 heterocycles. The number of hydrogen-bond acceptors (Lipinski definition) is 5. The van der Waals surface area contributed by atoms with E-state index in [9.17, 15) is 14.4 Å². The molecule has 2 aromatic heterocycles. The van der Waals surface area contributed by atoms with Gasteiger partial charge in [-0.1, -0.05) is 29.8 Å². The summed E-state index contributed by atoms with van der Waals surface area (Å²) >= 11 is 1.26. The molecular formula is C24H23N3O4S. The van der Waals surface area contributed by atoms with Crippen molar-refractivity contribution in [1.82, 2.24) is 14.5 Å². The molecule has 164 valence electrons. The largest absolute Gasteiger partial charge is 0.497 e. The molecule has 1 amide bonds. The molecule has 0 unspecified atom stereocenters. The van der Waals surface area contributed by atoms with E-state index in [2.05, 4.69) is 5.32 Å². The predicted octanol–water partition coefficient (Wildman–Crippen LogP) is 3.16. The van der Waals surface area contributed by atoms with Gasteiger partial charge in [0.2, 0.25) is 5.91 Å². The summed E-state index contributed by atoms with van der Waals surface area (Å²) in [5.41, 5.74) is 2.80. The van der Waals surface area contributed by atoms with Crippen LogP contribution in [-0.2, 0) is 17.9 Å². The minimum Gasteiger partial charge on any atom is -0.497 e. The van der Waals surface area contributed by atoms with E-state index in [4.69, 9.17) is 4.74 Å². The molecule has 0 aliphatic rings. The van der Waals surface area contributed by atoms with Gasteiger partial charge in [-0.05, 0) is 54.6 Å². The first-order valence-electron chi connectivity index (χ1n) is 10.1. The highest BCUT2D eigenvalue weighted by molar-refractivity contribution is 7.17. The molecule has 0 aliphatic heterocycles. The van der Waals surface area contributed by atoms with Crippen molar-refractivity contribution in [3.63, 3.8) is 0 Å². The van der Waals surface area contributed by atoms with Gasteiger partial charge in [0.1, 0.15) is 17.0 Å². The second-order valence-corrected chi connectivity index (χ2v) is 8.48. The number of nitrogens with one attached hydrogen (secondary N) is 1. The van der Waals surface area contributed by atoms with Gasteiger partial charge in [-0.25, -0.2) is 9.36 Å². The van der Waals surface area contributed by atoms with Crippen LogP contribution in [0.25, 0.3) is 15.9 Å². The van der Waals surface area contributed by atoms with Crippen LogP contribution in [0.1, 0.15) is 16.7 Å². The van der Waals surface area contributed by atoms with Crippen LogP contribution in [0, 0.1) is 13.8 Å².